The van der Waals surface area contributed by atoms with Crippen LogP contribution in [0.1, 0.15) is 57.0 Å². The number of nitrogens with zero attached hydrogens (tertiary/aromatic N) is 3. The molecule has 8 nitrogen and oxygen atoms in total. The molecule has 9 heteroatoms. The summed E-state index contributed by atoms with van der Waals surface area (Å²) in [5.41, 5.74) is 2.26. The molecule has 5 rings (SSSR count). The van der Waals surface area contributed by atoms with Crippen LogP contribution >= 0.6 is 11.6 Å². The molecule has 1 aromatic heterocycles. The van der Waals surface area contributed by atoms with Gasteiger partial charge in [0.05, 0.1) is 22.4 Å². The normalized spacial score (nSPS) is 16.2. The highest BCUT2D eigenvalue weighted by molar-refractivity contribution is 6.34. The van der Waals surface area contributed by atoms with Gasteiger partial charge in [-0.3, -0.25) is 14.4 Å². The van der Waals surface area contributed by atoms with E-state index in [-0.39, 0.29) is 17.7 Å². The number of hydrogen-bond acceptors (Lipinski definition) is 5. The lowest BCUT2D eigenvalue weighted by Gasteiger charge is -2.30. The third-order valence-corrected chi connectivity index (χ3v) is 7.43. The minimum atomic E-state index is -0.332. The Morgan fingerprint density at radius 2 is 1.50 bits per heavy atom. The number of benzene rings is 2. The van der Waals surface area contributed by atoms with E-state index in [1.807, 2.05) is 17.0 Å². The molecule has 0 atom stereocenters. The Bertz CT molecular complexity index is 1300. The van der Waals surface area contributed by atoms with Crippen molar-refractivity contribution in [1.82, 2.24) is 9.80 Å². The summed E-state index contributed by atoms with van der Waals surface area (Å²) in [7, 11) is 0. The van der Waals surface area contributed by atoms with E-state index in [1.54, 1.807) is 47.4 Å². The fraction of sp³-hybridized carbons (Fsp3) is 0.345. The summed E-state index contributed by atoms with van der Waals surface area (Å²) in [6.45, 7) is 3.85. The number of amides is 3. The van der Waals surface area contributed by atoms with Gasteiger partial charge in [0.15, 0.2) is 5.76 Å². The third kappa shape index (κ3) is 5.70. The van der Waals surface area contributed by atoms with Crippen molar-refractivity contribution in [3.8, 4) is 0 Å². The van der Waals surface area contributed by atoms with Gasteiger partial charge in [0.25, 0.3) is 17.7 Å². The molecule has 3 amide bonds. The minimum absolute atomic E-state index is 0.0405. The van der Waals surface area contributed by atoms with Crippen molar-refractivity contribution in [3.63, 3.8) is 0 Å². The lowest BCUT2D eigenvalue weighted by molar-refractivity contribution is 0.0720. The molecule has 3 heterocycles. The Morgan fingerprint density at radius 3 is 2.26 bits per heavy atom. The summed E-state index contributed by atoms with van der Waals surface area (Å²) in [5.74, 6) is -0.167. The number of carbonyl (C=O) groups excluding carboxylic acids is 3. The molecule has 2 fully saturated rings. The highest BCUT2D eigenvalue weighted by atomic mass is 35.5. The Morgan fingerprint density at radius 1 is 0.737 bits per heavy atom. The number of halogens is 1. The van der Waals surface area contributed by atoms with Crippen LogP contribution in [0.15, 0.2) is 65.3 Å². The van der Waals surface area contributed by atoms with E-state index >= 15 is 0 Å². The van der Waals surface area contributed by atoms with Crippen LogP contribution in [0.4, 0.5) is 11.4 Å². The van der Waals surface area contributed by atoms with E-state index < -0.39 is 0 Å². The second kappa shape index (κ2) is 11.7. The third-order valence-electron chi connectivity index (χ3n) is 7.10. The number of hydrogen-bond donors (Lipinski definition) is 1. The van der Waals surface area contributed by atoms with E-state index in [0.29, 0.717) is 53.8 Å². The fourth-order valence-corrected chi connectivity index (χ4v) is 5.31. The molecule has 0 aliphatic carbocycles. The van der Waals surface area contributed by atoms with Crippen LogP contribution in [0.25, 0.3) is 0 Å². The lowest BCUT2D eigenvalue weighted by Crippen LogP contribution is -2.38. The Hall–Kier alpha value is -3.78. The second-order valence-corrected chi connectivity index (χ2v) is 10.0. The van der Waals surface area contributed by atoms with Gasteiger partial charge in [-0.1, -0.05) is 23.7 Å². The molecule has 2 aliphatic rings. The van der Waals surface area contributed by atoms with E-state index in [9.17, 15) is 14.4 Å². The minimum Gasteiger partial charge on any atom is -0.459 e. The Kier molecular flexibility index (Phi) is 7.98. The predicted molar refractivity (Wildman–Crippen MR) is 147 cm³/mol. The van der Waals surface area contributed by atoms with Crippen LogP contribution in [0, 0.1) is 0 Å². The Balaban J connectivity index is 1.39. The van der Waals surface area contributed by atoms with Crippen molar-refractivity contribution in [2.45, 2.75) is 25.7 Å². The number of anilines is 2. The average Bonchev–Trinajstić information content (AvgIpc) is 3.38. The molecule has 0 saturated carbocycles. The Labute approximate surface area is 227 Å². The monoisotopic (exact) mass is 534 g/mol. The quantitative estimate of drug-likeness (QED) is 0.488. The standard InChI is InChI=1S/C29H31ClN4O4/c30-24-9-3-2-8-22(24)27(35)31-21-11-12-25(23(20-21)28(36)33-13-4-1-5-14-33)32-15-7-16-34(18-17-32)29(37)26-10-6-19-38-26/h2-3,6,8-12,19-20H,1,4-5,7,13-18H2,(H,31,35). The average molecular weight is 535 g/mol. The highest BCUT2D eigenvalue weighted by Gasteiger charge is 2.27. The molecule has 198 valence electrons. The van der Waals surface area contributed by atoms with E-state index in [0.717, 1.165) is 44.5 Å². The first-order valence-corrected chi connectivity index (χ1v) is 13.5. The molecular formula is C29H31ClN4O4. The number of carbonyl (C=O) groups is 3. The molecule has 0 radical (unpaired) electrons. The molecule has 0 spiro atoms. The number of furan rings is 1. The smallest absolute Gasteiger partial charge is 0.289 e. The van der Waals surface area contributed by atoms with Crippen molar-refractivity contribution >= 4 is 40.7 Å². The second-order valence-electron chi connectivity index (χ2n) is 9.63. The zero-order valence-corrected chi connectivity index (χ0v) is 22.0. The summed E-state index contributed by atoms with van der Waals surface area (Å²) in [5, 5.41) is 3.27. The topological polar surface area (TPSA) is 86.1 Å². The molecule has 3 aromatic rings. The number of likely N-dealkylation sites (tertiary alicyclic amines) is 1. The molecular weight excluding hydrogens is 504 g/mol. The van der Waals surface area contributed by atoms with Gasteiger partial charge in [-0.2, -0.15) is 0 Å². The molecule has 2 aliphatic heterocycles. The first-order chi connectivity index (χ1) is 18.5. The van der Waals surface area contributed by atoms with Gasteiger partial charge >= 0.3 is 0 Å². The van der Waals surface area contributed by atoms with Crippen molar-refractivity contribution in [2.24, 2.45) is 0 Å². The first kappa shape index (κ1) is 25.9. The SMILES string of the molecule is O=C(Nc1ccc(N2CCCN(C(=O)c3ccco3)CC2)c(C(=O)N2CCCCC2)c1)c1ccccc1Cl. The van der Waals surface area contributed by atoms with E-state index in [4.69, 9.17) is 16.0 Å². The van der Waals surface area contributed by atoms with E-state index in [2.05, 4.69) is 10.2 Å². The van der Waals surface area contributed by atoms with Gasteiger partial charge in [0.2, 0.25) is 0 Å². The molecule has 2 saturated heterocycles. The predicted octanol–water partition coefficient (Wildman–Crippen LogP) is 5.16. The summed E-state index contributed by atoms with van der Waals surface area (Å²) in [6.07, 6.45) is 5.35. The first-order valence-electron chi connectivity index (χ1n) is 13.1. The van der Waals surface area contributed by atoms with Crippen molar-refractivity contribution < 1.29 is 18.8 Å². The maximum Gasteiger partial charge on any atom is 0.289 e. The highest BCUT2D eigenvalue weighted by Crippen LogP contribution is 2.29. The molecule has 38 heavy (non-hydrogen) atoms. The summed E-state index contributed by atoms with van der Waals surface area (Å²) < 4.78 is 5.30. The van der Waals surface area contributed by atoms with Gasteiger partial charge in [0, 0.05) is 50.6 Å². The van der Waals surface area contributed by atoms with Gasteiger partial charge in [-0.25, -0.2) is 0 Å². The van der Waals surface area contributed by atoms with Crippen LogP contribution in [0.2, 0.25) is 5.02 Å². The summed E-state index contributed by atoms with van der Waals surface area (Å²) in [4.78, 5) is 45.3. The largest absolute Gasteiger partial charge is 0.459 e. The molecule has 1 N–H and O–H groups in total. The van der Waals surface area contributed by atoms with Crippen LogP contribution in [-0.4, -0.2) is 66.8 Å². The fourth-order valence-electron chi connectivity index (χ4n) is 5.09. The molecule has 0 bridgehead atoms. The number of nitrogens with one attached hydrogen (secondary N) is 1. The van der Waals surface area contributed by atoms with Gasteiger partial charge in [-0.05, 0) is 68.1 Å². The zero-order valence-electron chi connectivity index (χ0n) is 21.2. The van der Waals surface area contributed by atoms with Crippen LogP contribution in [0.5, 0.6) is 0 Å². The van der Waals surface area contributed by atoms with Gasteiger partial charge < -0.3 is 24.4 Å². The molecule has 0 unspecified atom stereocenters. The van der Waals surface area contributed by atoms with Crippen LogP contribution in [0.3, 0.4) is 0 Å². The number of piperidine rings is 1. The van der Waals surface area contributed by atoms with Crippen LogP contribution in [-0.2, 0) is 0 Å². The van der Waals surface area contributed by atoms with E-state index in [1.165, 1.54) is 6.26 Å². The molecule has 2 aromatic carbocycles. The van der Waals surface area contributed by atoms with Crippen molar-refractivity contribution in [1.29, 1.82) is 0 Å². The van der Waals surface area contributed by atoms with Crippen molar-refractivity contribution in [2.75, 3.05) is 49.5 Å². The van der Waals surface area contributed by atoms with Gasteiger partial charge in [-0.15, -0.1) is 0 Å². The van der Waals surface area contributed by atoms with Crippen molar-refractivity contribution in [3.05, 3.63) is 82.8 Å². The summed E-state index contributed by atoms with van der Waals surface area (Å²) >= 11 is 6.22. The lowest BCUT2D eigenvalue weighted by atomic mass is 10.1. The van der Waals surface area contributed by atoms with Crippen LogP contribution < -0.4 is 10.2 Å². The maximum atomic E-state index is 13.7. The maximum absolute atomic E-state index is 13.7. The number of rotatable bonds is 5. The zero-order chi connectivity index (χ0) is 26.5. The summed E-state index contributed by atoms with van der Waals surface area (Å²) in [6, 6.07) is 15.7. The van der Waals surface area contributed by atoms with Gasteiger partial charge in [0.1, 0.15) is 0 Å².